The van der Waals surface area contributed by atoms with Gasteiger partial charge in [0.2, 0.25) is 0 Å². The summed E-state index contributed by atoms with van der Waals surface area (Å²) in [7, 11) is 0. The third-order valence-electron chi connectivity index (χ3n) is 2.55. The molecular weight excluding hydrogens is 212 g/mol. The number of hydrogen-bond donors (Lipinski definition) is 1. The second kappa shape index (κ2) is 6.21. The van der Waals surface area contributed by atoms with E-state index in [1.807, 2.05) is 30.3 Å². The molecule has 0 saturated carbocycles. The van der Waals surface area contributed by atoms with Crippen LogP contribution in [0.2, 0.25) is 0 Å². The van der Waals surface area contributed by atoms with Gasteiger partial charge >= 0.3 is 0 Å². The lowest BCUT2D eigenvalue weighted by molar-refractivity contribution is 0.495. The van der Waals surface area contributed by atoms with Crippen molar-refractivity contribution in [3.8, 4) is 11.3 Å². The van der Waals surface area contributed by atoms with Crippen LogP contribution in [-0.4, -0.2) is 18.1 Å². The molecule has 0 radical (unpaired) electrons. The number of aromatic nitrogens is 1. The highest BCUT2D eigenvalue weighted by Gasteiger charge is 2.05. The van der Waals surface area contributed by atoms with Crippen LogP contribution in [0.25, 0.3) is 11.3 Å². The van der Waals surface area contributed by atoms with E-state index in [0.29, 0.717) is 0 Å². The largest absolute Gasteiger partial charge is 0.441 e. The number of nitrogens with zero attached hydrogens (tertiary/aromatic N) is 1. The Morgan fingerprint density at radius 2 is 2.00 bits per heavy atom. The van der Waals surface area contributed by atoms with Crippen LogP contribution in [0, 0.1) is 0 Å². The molecule has 0 aliphatic rings. The van der Waals surface area contributed by atoms with Gasteiger partial charge in [-0.05, 0) is 13.0 Å². The lowest BCUT2D eigenvalue weighted by Gasteiger charge is -1.99. The van der Waals surface area contributed by atoms with Crippen molar-refractivity contribution >= 4 is 0 Å². The summed E-state index contributed by atoms with van der Waals surface area (Å²) in [5.74, 6) is 1.64. The molecule has 0 fully saturated rings. The maximum atomic E-state index is 5.70. The zero-order valence-electron chi connectivity index (χ0n) is 10.1. The van der Waals surface area contributed by atoms with Gasteiger partial charge in [-0.2, -0.15) is 0 Å². The molecule has 0 saturated heterocycles. The Balaban J connectivity index is 1.92. The number of rotatable bonds is 6. The first-order valence-corrected chi connectivity index (χ1v) is 6.11. The van der Waals surface area contributed by atoms with Gasteiger partial charge in [0.1, 0.15) is 0 Å². The Morgan fingerprint density at radius 1 is 1.18 bits per heavy atom. The fraction of sp³-hybridized carbons (Fsp3) is 0.357. The Labute approximate surface area is 102 Å². The van der Waals surface area contributed by atoms with Crippen molar-refractivity contribution in [3.05, 3.63) is 42.4 Å². The van der Waals surface area contributed by atoms with Crippen molar-refractivity contribution in [3.63, 3.8) is 0 Å². The highest BCUT2D eigenvalue weighted by molar-refractivity contribution is 5.55. The molecule has 0 spiro atoms. The standard InChI is InChI=1S/C14H18N2O/c1-2-9-15-10-8-14-16-11-13(17-14)12-6-4-3-5-7-12/h3-7,11,15H,2,8-10H2,1H3. The molecule has 1 N–H and O–H groups in total. The summed E-state index contributed by atoms with van der Waals surface area (Å²) in [5, 5.41) is 3.33. The van der Waals surface area contributed by atoms with E-state index in [1.54, 1.807) is 6.20 Å². The highest BCUT2D eigenvalue weighted by Crippen LogP contribution is 2.19. The second-order valence-corrected chi connectivity index (χ2v) is 3.98. The van der Waals surface area contributed by atoms with E-state index in [1.165, 1.54) is 0 Å². The molecule has 2 aromatic rings. The fourth-order valence-electron chi connectivity index (χ4n) is 1.66. The van der Waals surface area contributed by atoms with E-state index in [-0.39, 0.29) is 0 Å². The Hall–Kier alpha value is -1.61. The highest BCUT2D eigenvalue weighted by atomic mass is 16.4. The summed E-state index contributed by atoms with van der Waals surface area (Å²) in [6.45, 7) is 4.13. The quantitative estimate of drug-likeness (QED) is 0.775. The molecule has 3 heteroatoms. The molecule has 1 heterocycles. The monoisotopic (exact) mass is 230 g/mol. The maximum Gasteiger partial charge on any atom is 0.196 e. The predicted octanol–water partition coefficient (Wildman–Crippen LogP) is 2.88. The van der Waals surface area contributed by atoms with Gasteiger partial charge in [-0.25, -0.2) is 4.98 Å². The SMILES string of the molecule is CCCNCCc1ncc(-c2ccccc2)o1. The number of hydrogen-bond acceptors (Lipinski definition) is 3. The van der Waals surface area contributed by atoms with Crippen LogP contribution in [0.4, 0.5) is 0 Å². The molecule has 2 rings (SSSR count). The molecule has 0 aliphatic heterocycles. The Kier molecular flexibility index (Phi) is 4.33. The van der Waals surface area contributed by atoms with Crippen LogP contribution in [0.3, 0.4) is 0 Å². The number of oxazole rings is 1. The van der Waals surface area contributed by atoms with Gasteiger partial charge in [0, 0.05) is 18.5 Å². The van der Waals surface area contributed by atoms with Crippen molar-refractivity contribution in [1.82, 2.24) is 10.3 Å². The zero-order valence-corrected chi connectivity index (χ0v) is 10.1. The van der Waals surface area contributed by atoms with Crippen LogP contribution in [0.15, 0.2) is 40.9 Å². The molecule has 3 nitrogen and oxygen atoms in total. The average molecular weight is 230 g/mol. The smallest absolute Gasteiger partial charge is 0.196 e. The molecule has 0 amide bonds. The van der Waals surface area contributed by atoms with E-state index in [4.69, 9.17) is 4.42 Å². The molecule has 1 aromatic carbocycles. The van der Waals surface area contributed by atoms with Crippen LogP contribution < -0.4 is 5.32 Å². The van der Waals surface area contributed by atoms with Gasteiger partial charge in [0.15, 0.2) is 11.7 Å². The van der Waals surface area contributed by atoms with Crippen molar-refractivity contribution in [2.45, 2.75) is 19.8 Å². The van der Waals surface area contributed by atoms with Crippen LogP contribution in [-0.2, 0) is 6.42 Å². The molecule has 1 aromatic heterocycles. The topological polar surface area (TPSA) is 38.1 Å². The van der Waals surface area contributed by atoms with E-state index in [2.05, 4.69) is 17.2 Å². The van der Waals surface area contributed by atoms with Gasteiger partial charge in [0.05, 0.1) is 6.20 Å². The zero-order chi connectivity index (χ0) is 11.9. The third kappa shape index (κ3) is 3.43. The van der Waals surface area contributed by atoms with Crippen molar-refractivity contribution in [2.75, 3.05) is 13.1 Å². The second-order valence-electron chi connectivity index (χ2n) is 3.98. The van der Waals surface area contributed by atoms with Crippen LogP contribution in [0.5, 0.6) is 0 Å². The summed E-state index contributed by atoms with van der Waals surface area (Å²) in [6.07, 6.45) is 3.79. The van der Waals surface area contributed by atoms with Gasteiger partial charge in [-0.1, -0.05) is 37.3 Å². The summed E-state index contributed by atoms with van der Waals surface area (Å²) >= 11 is 0. The summed E-state index contributed by atoms with van der Waals surface area (Å²) < 4.78 is 5.70. The van der Waals surface area contributed by atoms with Crippen molar-refractivity contribution in [1.29, 1.82) is 0 Å². The van der Waals surface area contributed by atoms with Crippen molar-refractivity contribution < 1.29 is 4.42 Å². The lowest BCUT2D eigenvalue weighted by atomic mass is 10.2. The van der Waals surface area contributed by atoms with Crippen LogP contribution in [0.1, 0.15) is 19.2 Å². The molecule has 0 unspecified atom stereocenters. The first-order chi connectivity index (χ1) is 8.40. The number of benzene rings is 1. The van der Waals surface area contributed by atoms with E-state index in [0.717, 1.165) is 43.1 Å². The molecule has 0 atom stereocenters. The average Bonchev–Trinajstić information content (AvgIpc) is 2.85. The normalized spacial score (nSPS) is 10.6. The summed E-state index contributed by atoms with van der Waals surface area (Å²) in [5.41, 5.74) is 1.08. The van der Waals surface area contributed by atoms with Gasteiger partial charge in [-0.15, -0.1) is 0 Å². The maximum absolute atomic E-state index is 5.70. The number of nitrogens with one attached hydrogen (secondary N) is 1. The van der Waals surface area contributed by atoms with Gasteiger partial charge in [-0.3, -0.25) is 0 Å². The molecule has 0 aliphatic carbocycles. The predicted molar refractivity (Wildman–Crippen MR) is 68.8 cm³/mol. The molecule has 0 bridgehead atoms. The van der Waals surface area contributed by atoms with Gasteiger partial charge in [0.25, 0.3) is 0 Å². The van der Waals surface area contributed by atoms with E-state index in [9.17, 15) is 0 Å². The van der Waals surface area contributed by atoms with E-state index < -0.39 is 0 Å². The fourth-order valence-corrected chi connectivity index (χ4v) is 1.66. The van der Waals surface area contributed by atoms with Gasteiger partial charge < -0.3 is 9.73 Å². The summed E-state index contributed by atoms with van der Waals surface area (Å²) in [6, 6.07) is 10.1. The van der Waals surface area contributed by atoms with Crippen LogP contribution >= 0.6 is 0 Å². The third-order valence-corrected chi connectivity index (χ3v) is 2.55. The molecular formula is C14H18N2O. The molecule has 90 valence electrons. The first kappa shape index (κ1) is 11.9. The summed E-state index contributed by atoms with van der Waals surface area (Å²) in [4.78, 5) is 4.28. The first-order valence-electron chi connectivity index (χ1n) is 6.11. The van der Waals surface area contributed by atoms with Crippen molar-refractivity contribution in [2.24, 2.45) is 0 Å². The minimum atomic E-state index is 0.799. The minimum absolute atomic E-state index is 0.799. The minimum Gasteiger partial charge on any atom is -0.441 e. The lowest BCUT2D eigenvalue weighted by Crippen LogP contribution is -2.17. The Bertz CT molecular complexity index is 436. The Morgan fingerprint density at radius 3 is 2.76 bits per heavy atom. The molecule has 17 heavy (non-hydrogen) atoms. The van der Waals surface area contributed by atoms with E-state index >= 15 is 0 Å².